The van der Waals surface area contributed by atoms with Gasteiger partial charge in [0.15, 0.2) is 0 Å². The van der Waals surface area contributed by atoms with E-state index in [-0.39, 0.29) is 6.03 Å². The first-order valence-corrected chi connectivity index (χ1v) is 9.29. The van der Waals surface area contributed by atoms with E-state index in [1.54, 1.807) is 0 Å². The molecule has 1 unspecified atom stereocenters. The van der Waals surface area contributed by atoms with Gasteiger partial charge < -0.3 is 15.0 Å². The van der Waals surface area contributed by atoms with E-state index in [2.05, 4.69) is 22.3 Å². The summed E-state index contributed by atoms with van der Waals surface area (Å²) in [5.74, 6) is 0. The Morgan fingerprint density at radius 2 is 1.96 bits per heavy atom. The molecule has 5 nitrogen and oxygen atoms in total. The van der Waals surface area contributed by atoms with E-state index >= 15 is 0 Å². The molecule has 130 valence electrons. The summed E-state index contributed by atoms with van der Waals surface area (Å²) < 4.78 is 5.71. The van der Waals surface area contributed by atoms with Crippen molar-refractivity contribution >= 4 is 11.7 Å². The quantitative estimate of drug-likeness (QED) is 0.927. The second kappa shape index (κ2) is 7.11. The Hall–Kier alpha value is -1.59. The summed E-state index contributed by atoms with van der Waals surface area (Å²) in [5, 5.41) is 3.07. The maximum Gasteiger partial charge on any atom is 0.321 e. The van der Waals surface area contributed by atoms with Crippen LogP contribution in [0.2, 0.25) is 0 Å². The number of rotatable bonds is 3. The van der Waals surface area contributed by atoms with Crippen molar-refractivity contribution in [3.05, 3.63) is 29.3 Å². The molecule has 0 aromatic heterocycles. The second-order valence-electron chi connectivity index (χ2n) is 7.19. The molecular weight excluding hydrogens is 302 g/mol. The number of hydrogen-bond donors (Lipinski definition) is 1. The Morgan fingerprint density at radius 3 is 2.75 bits per heavy atom. The van der Waals surface area contributed by atoms with Crippen LogP contribution in [0.5, 0.6) is 0 Å². The third-order valence-corrected chi connectivity index (χ3v) is 5.50. The van der Waals surface area contributed by atoms with Crippen LogP contribution in [0.25, 0.3) is 0 Å². The highest BCUT2D eigenvalue weighted by Gasteiger charge is 2.25. The summed E-state index contributed by atoms with van der Waals surface area (Å²) in [7, 11) is 0. The maximum atomic E-state index is 12.5. The van der Waals surface area contributed by atoms with Gasteiger partial charge in [-0.25, -0.2) is 4.79 Å². The molecule has 3 aliphatic rings. The smallest absolute Gasteiger partial charge is 0.321 e. The Balaban J connectivity index is 1.27. The van der Waals surface area contributed by atoms with Crippen LogP contribution in [0.4, 0.5) is 10.5 Å². The van der Waals surface area contributed by atoms with E-state index < -0.39 is 0 Å². The molecule has 1 aromatic carbocycles. The van der Waals surface area contributed by atoms with E-state index in [0.717, 1.165) is 51.4 Å². The van der Waals surface area contributed by atoms with Gasteiger partial charge in [0, 0.05) is 45.0 Å². The second-order valence-corrected chi connectivity index (χ2v) is 7.19. The summed E-state index contributed by atoms with van der Waals surface area (Å²) in [6, 6.07) is 6.38. The molecule has 0 saturated carbocycles. The minimum atomic E-state index is 0.0321. The van der Waals surface area contributed by atoms with Crippen LogP contribution in [0, 0.1) is 0 Å². The number of benzene rings is 1. The number of amides is 2. The zero-order valence-corrected chi connectivity index (χ0v) is 14.3. The van der Waals surface area contributed by atoms with Crippen molar-refractivity contribution in [2.75, 3.05) is 44.6 Å². The summed E-state index contributed by atoms with van der Waals surface area (Å²) in [5.41, 5.74) is 3.77. The van der Waals surface area contributed by atoms with E-state index in [9.17, 15) is 4.79 Å². The highest BCUT2D eigenvalue weighted by molar-refractivity contribution is 5.89. The van der Waals surface area contributed by atoms with E-state index in [0.29, 0.717) is 6.10 Å². The number of nitrogens with zero attached hydrogens (tertiary/aromatic N) is 2. The van der Waals surface area contributed by atoms with Crippen molar-refractivity contribution in [1.29, 1.82) is 0 Å². The minimum Gasteiger partial charge on any atom is -0.377 e. The highest BCUT2D eigenvalue weighted by Crippen LogP contribution is 2.25. The predicted octanol–water partition coefficient (Wildman–Crippen LogP) is 2.50. The molecule has 24 heavy (non-hydrogen) atoms. The zero-order chi connectivity index (χ0) is 16.4. The van der Waals surface area contributed by atoms with E-state index in [1.807, 2.05) is 11.0 Å². The number of aryl methyl sites for hydroxylation is 2. The van der Waals surface area contributed by atoms with Gasteiger partial charge in [0.2, 0.25) is 0 Å². The molecule has 1 aromatic rings. The van der Waals surface area contributed by atoms with Crippen LogP contribution in [-0.2, 0) is 17.6 Å². The van der Waals surface area contributed by atoms with Crippen molar-refractivity contribution in [3.8, 4) is 0 Å². The average Bonchev–Trinajstić information content (AvgIpc) is 3.26. The van der Waals surface area contributed by atoms with E-state index in [1.165, 1.54) is 36.8 Å². The fourth-order valence-electron chi connectivity index (χ4n) is 4.06. The topological polar surface area (TPSA) is 44.8 Å². The van der Waals surface area contributed by atoms with Crippen LogP contribution >= 0.6 is 0 Å². The number of carbonyl (C=O) groups excluding carboxylic acids is 1. The fraction of sp³-hybridized carbons (Fsp3) is 0.632. The molecule has 1 N–H and O–H groups in total. The normalized spacial score (nSPS) is 24.2. The van der Waals surface area contributed by atoms with Crippen molar-refractivity contribution in [1.82, 2.24) is 9.80 Å². The van der Waals surface area contributed by atoms with Gasteiger partial charge in [0.05, 0.1) is 6.10 Å². The molecule has 0 spiro atoms. The van der Waals surface area contributed by atoms with Gasteiger partial charge in [0.1, 0.15) is 0 Å². The number of urea groups is 1. The molecule has 2 saturated heterocycles. The maximum absolute atomic E-state index is 12.5. The number of carbonyl (C=O) groups is 1. The Labute approximate surface area is 144 Å². The summed E-state index contributed by atoms with van der Waals surface area (Å²) in [4.78, 5) is 16.8. The minimum absolute atomic E-state index is 0.0321. The predicted molar refractivity (Wildman–Crippen MR) is 94.5 cm³/mol. The number of nitrogens with one attached hydrogen (secondary N) is 1. The van der Waals surface area contributed by atoms with Gasteiger partial charge in [-0.2, -0.15) is 0 Å². The monoisotopic (exact) mass is 329 g/mol. The van der Waals surface area contributed by atoms with Gasteiger partial charge in [-0.05, 0) is 55.4 Å². The number of ether oxygens (including phenoxy) is 1. The molecule has 2 heterocycles. The lowest BCUT2D eigenvalue weighted by atomic mass is 10.1. The highest BCUT2D eigenvalue weighted by atomic mass is 16.5. The lowest BCUT2D eigenvalue weighted by molar-refractivity contribution is 0.0572. The summed E-state index contributed by atoms with van der Waals surface area (Å²) in [6.07, 6.45) is 6.32. The standard InChI is InChI=1S/C19H27N3O2/c23-19(20-17-7-6-15-3-1-4-16(15)13-17)22-10-8-21(9-11-22)14-18-5-2-12-24-18/h6-7,13,18H,1-5,8-12,14H2,(H,20,23). The third-order valence-electron chi connectivity index (χ3n) is 5.50. The van der Waals surface area contributed by atoms with Crippen molar-refractivity contribution < 1.29 is 9.53 Å². The van der Waals surface area contributed by atoms with Crippen molar-refractivity contribution in [2.24, 2.45) is 0 Å². The molecule has 0 radical (unpaired) electrons. The lowest BCUT2D eigenvalue weighted by Gasteiger charge is -2.35. The van der Waals surface area contributed by atoms with Gasteiger partial charge in [-0.1, -0.05) is 6.07 Å². The fourth-order valence-corrected chi connectivity index (χ4v) is 4.06. The van der Waals surface area contributed by atoms with Crippen LogP contribution in [0.1, 0.15) is 30.4 Å². The first-order valence-electron chi connectivity index (χ1n) is 9.29. The molecular formula is C19H27N3O2. The largest absolute Gasteiger partial charge is 0.377 e. The number of anilines is 1. The van der Waals surface area contributed by atoms with Crippen molar-refractivity contribution in [2.45, 2.75) is 38.2 Å². The van der Waals surface area contributed by atoms with Gasteiger partial charge >= 0.3 is 6.03 Å². The first-order chi connectivity index (χ1) is 11.8. The Bertz CT molecular complexity index is 590. The lowest BCUT2D eigenvalue weighted by Crippen LogP contribution is -2.51. The Morgan fingerprint density at radius 1 is 1.12 bits per heavy atom. The van der Waals surface area contributed by atoms with Crippen LogP contribution in [-0.4, -0.2) is 61.3 Å². The molecule has 2 fully saturated rings. The van der Waals surface area contributed by atoms with Gasteiger partial charge in [0.25, 0.3) is 0 Å². The van der Waals surface area contributed by atoms with Crippen molar-refractivity contribution in [3.63, 3.8) is 0 Å². The Kier molecular flexibility index (Phi) is 4.72. The third kappa shape index (κ3) is 3.57. The molecule has 1 aliphatic carbocycles. The summed E-state index contributed by atoms with van der Waals surface area (Å²) in [6.45, 7) is 5.40. The van der Waals surface area contributed by atoms with Gasteiger partial charge in [-0.15, -0.1) is 0 Å². The van der Waals surface area contributed by atoms with Crippen LogP contribution < -0.4 is 5.32 Å². The van der Waals surface area contributed by atoms with Crippen LogP contribution in [0.3, 0.4) is 0 Å². The SMILES string of the molecule is O=C(Nc1ccc2c(c1)CCC2)N1CCN(CC2CCCO2)CC1. The van der Waals surface area contributed by atoms with Gasteiger partial charge in [-0.3, -0.25) is 4.90 Å². The van der Waals surface area contributed by atoms with E-state index in [4.69, 9.17) is 4.74 Å². The molecule has 5 heteroatoms. The van der Waals surface area contributed by atoms with Crippen LogP contribution in [0.15, 0.2) is 18.2 Å². The number of fused-ring (bicyclic) bond motifs is 1. The number of piperazine rings is 1. The molecule has 0 bridgehead atoms. The summed E-state index contributed by atoms with van der Waals surface area (Å²) >= 11 is 0. The number of hydrogen-bond acceptors (Lipinski definition) is 3. The zero-order valence-electron chi connectivity index (χ0n) is 14.3. The molecule has 2 amide bonds. The molecule has 1 atom stereocenters. The first kappa shape index (κ1) is 15.9. The average molecular weight is 329 g/mol. The molecule has 4 rings (SSSR count). The molecule has 2 aliphatic heterocycles.